The average molecular weight is 805 g/mol. The Morgan fingerprint density at radius 1 is 0.681 bits per heavy atom. The number of hydrogen-bond donors (Lipinski definition) is 0. The van der Waals surface area contributed by atoms with Crippen LogP contribution in [0.15, 0.2) is 174 Å². The molecule has 0 aliphatic carbocycles. The minimum atomic E-state index is -2.39. The number of benzene rings is 5. The molecule has 0 amide bonds. The first-order valence-corrected chi connectivity index (χ1v) is 19.2. The Kier molecular flexibility index (Phi) is 10.9. The molecule has 1 nitrogen and oxygen atoms in total. The molecule has 1 fully saturated rings. The van der Waals surface area contributed by atoms with Gasteiger partial charge in [0.25, 0.3) is 0 Å². The van der Waals surface area contributed by atoms with Crippen LogP contribution in [0.5, 0.6) is 0 Å². The summed E-state index contributed by atoms with van der Waals surface area (Å²) in [5, 5.41) is 5.17. The number of hydrogen-bond acceptors (Lipinski definition) is 1. The normalized spacial score (nSPS) is 15.6. The first kappa shape index (κ1) is 32.8. The van der Waals surface area contributed by atoms with Crippen molar-refractivity contribution in [3.63, 3.8) is 0 Å². The molecule has 1 aliphatic heterocycles. The second-order valence-corrected chi connectivity index (χ2v) is 15.5. The summed E-state index contributed by atoms with van der Waals surface area (Å²) in [5.41, 5.74) is 8.52. The van der Waals surface area contributed by atoms with Crippen LogP contribution in [0.3, 0.4) is 0 Å². The van der Waals surface area contributed by atoms with E-state index in [1.807, 2.05) is 17.9 Å². The fourth-order valence-corrected chi connectivity index (χ4v) is 12.2. The molecular weight excluding hydrogens is 766 g/mol. The van der Waals surface area contributed by atoms with Crippen LogP contribution in [-0.4, -0.2) is 13.2 Å². The standard InChI is InChI=1S/C44H39OP.Os/c1-4-15-35-23-25-36(26-24-35)37-27-29-38(30-28-37)44(31-40-33-45-32-39(40)16-5-2)34(3)46(41-17-9-6-10-18-41,42-19-11-7-12-20-42)43-21-13-8-14-22-43;/h4,6-31H,5,32-33H2,1-2H3;/q+1;/b15-4+,39-16?,40-31?,44-34?;. The summed E-state index contributed by atoms with van der Waals surface area (Å²) in [6, 6.07) is 51.1. The van der Waals surface area contributed by atoms with Gasteiger partial charge in [0.15, 0.2) is 0 Å². The quantitative estimate of drug-likeness (QED) is 0.135. The van der Waals surface area contributed by atoms with E-state index in [0.717, 1.165) is 6.42 Å². The molecule has 0 radical (unpaired) electrons. The summed E-state index contributed by atoms with van der Waals surface area (Å²) in [7, 11) is -2.39. The molecule has 1 saturated heterocycles. The Labute approximate surface area is 290 Å². The van der Waals surface area contributed by atoms with Gasteiger partial charge in [-0.25, -0.2) is 0 Å². The summed E-state index contributed by atoms with van der Waals surface area (Å²) < 4.78 is 9.91. The van der Waals surface area contributed by atoms with Crippen molar-refractivity contribution in [2.45, 2.75) is 20.3 Å². The van der Waals surface area contributed by atoms with Crippen LogP contribution in [0.25, 0.3) is 22.8 Å². The fourth-order valence-electron chi connectivity index (χ4n) is 6.39. The van der Waals surface area contributed by atoms with Crippen LogP contribution >= 0.6 is 7.26 Å². The molecule has 3 heteroatoms. The van der Waals surface area contributed by atoms with E-state index in [0.29, 0.717) is 13.2 Å². The third-order valence-electron chi connectivity index (χ3n) is 8.60. The van der Waals surface area contributed by atoms with Gasteiger partial charge < -0.3 is 0 Å². The third-order valence-corrected chi connectivity index (χ3v) is 14.0. The van der Waals surface area contributed by atoms with Crippen LogP contribution in [0.1, 0.15) is 31.4 Å². The molecule has 1 aliphatic rings. The van der Waals surface area contributed by atoms with E-state index < -0.39 is 7.26 Å². The van der Waals surface area contributed by atoms with Crippen LogP contribution in [-0.2, 0) is 22.7 Å². The fraction of sp³-hybridized carbons (Fsp3) is 0.114. The van der Waals surface area contributed by atoms with Crippen LogP contribution in [0.4, 0.5) is 0 Å². The molecule has 1 heterocycles. The number of rotatable bonds is 9. The van der Waals surface area contributed by atoms with E-state index in [1.54, 1.807) is 0 Å². The summed E-state index contributed by atoms with van der Waals surface area (Å²) in [5.74, 6) is 0. The Hall–Kier alpha value is -4.13. The number of ether oxygens (including phenoxy) is 1. The van der Waals surface area contributed by atoms with Crippen LogP contribution in [0, 0.1) is 4.37 Å². The SMILES string of the molecule is C/C=C/c1ccc(-c2ccc(C(C=C3COCC3=CCC)=C([C]#[Os])[P+](c3ccccc3)(c3ccccc3)c3ccccc3)cc2)cc1. The summed E-state index contributed by atoms with van der Waals surface area (Å²) in [6.45, 7) is 5.51. The summed E-state index contributed by atoms with van der Waals surface area (Å²) in [4.78, 5) is 0. The second-order valence-electron chi connectivity index (χ2n) is 11.5. The number of allylic oxidation sites excluding steroid dienone is 5. The van der Waals surface area contributed by atoms with Gasteiger partial charge in [-0.1, -0.05) is 6.08 Å². The van der Waals surface area contributed by atoms with E-state index in [2.05, 4.69) is 182 Å². The molecule has 0 N–H and O–H groups in total. The minimum absolute atomic E-state index is 0.610. The summed E-state index contributed by atoms with van der Waals surface area (Å²) >= 11 is 1.83. The topological polar surface area (TPSA) is 9.23 Å². The Morgan fingerprint density at radius 2 is 1.17 bits per heavy atom. The molecule has 0 aromatic heterocycles. The maximum atomic E-state index is 6.04. The van der Waals surface area contributed by atoms with Gasteiger partial charge in [-0.2, -0.15) is 0 Å². The van der Waals surface area contributed by atoms with Crippen molar-refractivity contribution in [3.8, 4) is 15.5 Å². The molecule has 6 rings (SSSR count). The molecule has 0 spiro atoms. The van der Waals surface area contributed by atoms with Crippen molar-refractivity contribution in [2.75, 3.05) is 13.2 Å². The van der Waals surface area contributed by atoms with E-state index in [-0.39, 0.29) is 0 Å². The molecule has 5 aromatic carbocycles. The van der Waals surface area contributed by atoms with Gasteiger partial charge in [-0.3, -0.25) is 0 Å². The van der Waals surface area contributed by atoms with E-state index in [9.17, 15) is 0 Å². The Bertz CT molecular complexity index is 1870. The van der Waals surface area contributed by atoms with Crippen molar-refractivity contribution >= 4 is 34.8 Å². The molecule has 5 aromatic rings. The Balaban J connectivity index is 1.66. The molecule has 233 valence electrons. The molecule has 0 bridgehead atoms. The van der Waals surface area contributed by atoms with Gasteiger partial charge in [0.1, 0.15) is 0 Å². The average Bonchev–Trinajstić information content (AvgIpc) is 3.58. The van der Waals surface area contributed by atoms with Crippen molar-refractivity contribution in [2.24, 2.45) is 0 Å². The van der Waals surface area contributed by atoms with Crippen LogP contribution in [0.2, 0.25) is 0 Å². The summed E-state index contributed by atoms with van der Waals surface area (Å²) in [6.07, 6.45) is 9.89. The van der Waals surface area contributed by atoms with Gasteiger partial charge in [-0.05, 0) is 6.92 Å². The Morgan fingerprint density at radius 3 is 1.64 bits per heavy atom. The zero-order chi connectivity index (χ0) is 32.5. The molecule has 47 heavy (non-hydrogen) atoms. The van der Waals surface area contributed by atoms with Gasteiger partial charge in [0, 0.05) is 0 Å². The maximum absolute atomic E-state index is 6.04. The molecule has 0 atom stereocenters. The predicted molar refractivity (Wildman–Crippen MR) is 200 cm³/mol. The molecule has 0 saturated carbocycles. The first-order valence-electron chi connectivity index (χ1n) is 16.2. The van der Waals surface area contributed by atoms with Crippen molar-refractivity contribution in [1.82, 2.24) is 0 Å². The van der Waals surface area contributed by atoms with E-state index in [4.69, 9.17) is 4.74 Å². The van der Waals surface area contributed by atoms with Crippen molar-refractivity contribution < 1.29 is 22.7 Å². The first-order chi connectivity index (χ1) is 23.2. The van der Waals surface area contributed by atoms with Crippen molar-refractivity contribution in [1.29, 1.82) is 0 Å². The molecule has 0 unspecified atom stereocenters. The third kappa shape index (κ3) is 6.95. The van der Waals surface area contributed by atoms with Crippen LogP contribution < -0.4 is 15.9 Å². The van der Waals surface area contributed by atoms with Gasteiger partial charge in [0.2, 0.25) is 0 Å². The van der Waals surface area contributed by atoms with E-state index in [1.165, 1.54) is 60.2 Å². The monoisotopic (exact) mass is 806 g/mol. The van der Waals surface area contributed by atoms with Gasteiger partial charge in [-0.15, -0.1) is 0 Å². The predicted octanol–water partition coefficient (Wildman–Crippen LogP) is 9.89. The zero-order valence-electron chi connectivity index (χ0n) is 26.9. The zero-order valence-corrected chi connectivity index (χ0v) is 30.4. The molecular formula is C44H39OOsP+. The van der Waals surface area contributed by atoms with E-state index >= 15 is 0 Å². The van der Waals surface area contributed by atoms with Gasteiger partial charge in [0.05, 0.1) is 0 Å². The van der Waals surface area contributed by atoms with Gasteiger partial charge >= 0.3 is 279 Å². The van der Waals surface area contributed by atoms with Crippen molar-refractivity contribution in [3.05, 3.63) is 185 Å². The second kappa shape index (κ2) is 15.6.